The minimum atomic E-state index is -0.931. The molecule has 2 atom stereocenters. The highest BCUT2D eigenvalue weighted by Gasteiger charge is 2.21. The lowest BCUT2D eigenvalue weighted by atomic mass is 9.99. The molecule has 0 aliphatic heterocycles. The molecule has 6 heteroatoms. The summed E-state index contributed by atoms with van der Waals surface area (Å²) in [5.41, 5.74) is 2.30. The van der Waals surface area contributed by atoms with E-state index in [0.29, 0.717) is 17.7 Å². The highest BCUT2D eigenvalue weighted by molar-refractivity contribution is 5.75. The van der Waals surface area contributed by atoms with Gasteiger partial charge in [0.1, 0.15) is 6.04 Å². The van der Waals surface area contributed by atoms with Crippen LogP contribution in [0.5, 0.6) is 0 Å². The Labute approximate surface area is 129 Å². The van der Waals surface area contributed by atoms with Gasteiger partial charge in [0.2, 0.25) is 0 Å². The van der Waals surface area contributed by atoms with Gasteiger partial charge in [-0.3, -0.25) is 9.48 Å². The first-order valence-electron chi connectivity index (χ1n) is 6.96. The van der Waals surface area contributed by atoms with E-state index in [-0.39, 0.29) is 5.92 Å². The fourth-order valence-corrected chi connectivity index (χ4v) is 2.24. The molecule has 114 valence electrons. The van der Waals surface area contributed by atoms with E-state index in [2.05, 4.69) is 16.5 Å². The van der Waals surface area contributed by atoms with Crippen molar-refractivity contribution >= 4 is 5.97 Å². The Morgan fingerprint density at radius 1 is 1.41 bits per heavy atom. The molecule has 2 aromatic rings. The van der Waals surface area contributed by atoms with Crippen LogP contribution < -0.4 is 5.32 Å². The first kappa shape index (κ1) is 15.7. The van der Waals surface area contributed by atoms with Gasteiger partial charge in [0.15, 0.2) is 0 Å². The molecule has 0 saturated carbocycles. The molecule has 22 heavy (non-hydrogen) atoms. The van der Waals surface area contributed by atoms with E-state index >= 15 is 0 Å². The lowest BCUT2D eigenvalue weighted by Gasteiger charge is -2.17. The molecule has 0 aliphatic rings. The number of nitrogens with zero attached hydrogens (tertiary/aromatic N) is 3. The van der Waals surface area contributed by atoms with Gasteiger partial charge in [0.25, 0.3) is 0 Å². The third-order valence-corrected chi connectivity index (χ3v) is 3.54. The SMILES string of the molecule is CC(CN[C@H](C(=O)O)c1cnn(C)c1)c1ccc(C#N)cc1. The standard InChI is InChI=1S/C16H18N4O2/c1-11(13-5-3-12(7-17)4-6-13)8-18-15(16(21)22)14-9-19-20(2)10-14/h3-6,9-11,15,18H,8H2,1-2H3,(H,21,22)/t11?,15-/m0/s1. The van der Waals surface area contributed by atoms with E-state index < -0.39 is 12.0 Å². The number of hydrogen-bond acceptors (Lipinski definition) is 4. The summed E-state index contributed by atoms with van der Waals surface area (Å²) in [4.78, 5) is 11.4. The summed E-state index contributed by atoms with van der Waals surface area (Å²) in [6.07, 6.45) is 3.25. The number of nitriles is 1. The Morgan fingerprint density at radius 3 is 2.59 bits per heavy atom. The summed E-state index contributed by atoms with van der Waals surface area (Å²) in [6, 6.07) is 8.61. The number of benzene rings is 1. The average molecular weight is 298 g/mol. The minimum absolute atomic E-state index is 0.131. The molecule has 0 spiro atoms. The summed E-state index contributed by atoms with van der Waals surface area (Å²) in [6.45, 7) is 2.52. The fraction of sp³-hybridized carbons (Fsp3) is 0.312. The van der Waals surface area contributed by atoms with Crippen molar-refractivity contribution in [1.82, 2.24) is 15.1 Å². The van der Waals surface area contributed by atoms with Gasteiger partial charge in [-0.1, -0.05) is 19.1 Å². The van der Waals surface area contributed by atoms with Crippen molar-refractivity contribution in [3.63, 3.8) is 0 Å². The van der Waals surface area contributed by atoms with Crippen LogP contribution in [0.4, 0.5) is 0 Å². The van der Waals surface area contributed by atoms with Crippen LogP contribution >= 0.6 is 0 Å². The summed E-state index contributed by atoms with van der Waals surface area (Å²) in [7, 11) is 1.75. The number of hydrogen-bond donors (Lipinski definition) is 2. The second-order valence-corrected chi connectivity index (χ2v) is 5.26. The van der Waals surface area contributed by atoms with Crippen molar-refractivity contribution < 1.29 is 9.90 Å². The Morgan fingerprint density at radius 2 is 2.09 bits per heavy atom. The van der Waals surface area contributed by atoms with Crippen LogP contribution in [0.25, 0.3) is 0 Å². The van der Waals surface area contributed by atoms with Crippen LogP contribution in [-0.4, -0.2) is 27.4 Å². The van der Waals surface area contributed by atoms with E-state index in [1.165, 1.54) is 0 Å². The molecule has 0 amide bonds. The molecule has 0 saturated heterocycles. The van der Waals surface area contributed by atoms with Crippen LogP contribution in [-0.2, 0) is 11.8 Å². The molecule has 2 N–H and O–H groups in total. The Hall–Kier alpha value is -2.65. The molecule has 1 heterocycles. The van der Waals surface area contributed by atoms with Crippen LogP contribution in [0.1, 0.15) is 35.6 Å². The molecular formula is C16H18N4O2. The molecule has 1 aromatic heterocycles. The first-order chi connectivity index (χ1) is 10.5. The van der Waals surface area contributed by atoms with Gasteiger partial charge in [-0.15, -0.1) is 0 Å². The highest BCUT2D eigenvalue weighted by Crippen LogP contribution is 2.18. The third-order valence-electron chi connectivity index (χ3n) is 3.54. The molecule has 0 aliphatic carbocycles. The number of aliphatic carboxylic acids is 1. The number of aryl methyl sites for hydroxylation is 1. The van der Waals surface area contributed by atoms with Crippen molar-refractivity contribution in [3.8, 4) is 6.07 Å². The van der Waals surface area contributed by atoms with Gasteiger partial charge in [0.05, 0.1) is 17.8 Å². The molecule has 2 rings (SSSR count). The summed E-state index contributed by atoms with van der Waals surface area (Å²) in [5, 5.41) is 25.2. The number of carbonyl (C=O) groups is 1. The lowest BCUT2D eigenvalue weighted by Crippen LogP contribution is -2.31. The number of nitrogens with one attached hydrogen (secondary N) is 1. The van der Waals surface area contributed by atoms with Gasteiger partial charge >= 0.3 is 5.97 Å². The van der Waals surface area contributed by atoms with E-state index in [4.69, 9.17) is 5.26 Å². The largest absolute Gasteiger partial charge is 0.480 e. The quantitative estimate of drug-likeness (QED) is 0.848. The molecule has 6 nitrogen and oxygen atoms in total. The smallest absolute Gasteiger partial charge is 0.325 e. The maximum absolute atomic E-state index is 11.4. The second-order valence-electron chi connectivity index (χ2n) is 5.26. The molecule has 0 fully saturated rings. The van der Waals surface area contributed by atoms with Gasteiger partial charge in [0, 0.05) is 25.4 Å². The van der Waals surface area contributed by atoms with Crippen LogP contribution in [0, 0.1) is 11.3 Å². The molecule has 0 bridgehead atoms. The van der Waals surface area contributed by atoms with Crippen LogP contribution in [0.3, 0.4) is 0 Å². The number of aromatic nitrogens is 2. The van der Waals surface area contributed by atoms with Crippen LogP contribution in [0.15, 0.2) is 36.7 Å². The Balaban J connectivity index is 2.02. The van der Waals surface area contributed by atoms with Crippen molar-refractivity contribution in [2.45, 2.75) is 18.9 Å². The Bertz CT molecular complexity index is 685. The van der Waals surface area contributed by atoms with Gasteiger partial charge in [-0.25, -0.2) is 0 Å². The predicted octanol–water partition coefficient (Wildman–Crippen LogP) is 1.81. The van der Waals surface area contributed by atoms with Crippen molar-refractivity contribution in [3.05, 3.63) is 53.3 Å². The van der Waals surface area contributed by atoms with Gasteiger partial charge in [-0.05, 0) is 23.6 Å². The zero-order valence-corrected chi connectivity index (χ0v) is 12.5. The predicted molar refractivity (Wildman–Crippen MR) is 81.2 cm³/mol. The van der Waals surface area contributed by atoms with E-state index in [9.17, 15) is 9.90 Å². The maximum atomic E-state index is 11.4. The third kappa shape index (κ3) is 3.71. The van der Waals surface area contributed by atoms with Crippen LogP contribution in [0.2, 0.25) is 0 Å². The first-order valence-corrected chi connectivity index (χ1v) is 6.96. The molecular weight excluding hydrogens is 280 g/mol. The van der Waals surface area contributed by atoms with E-state index in [1.54, 1.807) is 36.3 Å². The van der Waals surface area contributed by atoms with Crippen molar-refractivity contribution in [1.29, 1.82) is 5.26 Å². The minimum Gasteiger partial charge on any atom is -0.480 e. The highest BCUT2D eigenvalue weighted by atomic mass is 16.4. The Kier molecular flexibility index (Phi) is 4.92. The van der Waals surface area contributed by atoms with Gasteiger partial charge < -0.3 is 10.4 Å². The van der Waals surface area contributed by atoms with E-state index in [1.807, 2.05) is 19.1 Å². The fourth-order valence-electron chi connectivity index (χ4n) is 2.24. The zero-order chi connectivity index (χ0) is 16.1. The zero-order valence-electron chi connectivity index (χ0n) is 12.5. The molecule has 1 unspecified atom stereocenters. The lowest BCUT2D eigenvalue weighted by molar-refractivity contribution is -0.139. The van der Waals surface area contributed by atoms with Gasteiger partial charge in [-0.2, -0.15) is 10.4 Å². The molecule has 0 radical (unpaired) electrons. The average Bonchev–Trinajstić information content (AvgIpc) is 2.93. The topological polar surface area (TPSA) is 90.9 Å². The second kappa shape index (κ2) is 6.87. The number of carboxylic acids is 1. The number of rotatable bonds is 6. The summed E-state index contributed by atoms with van der Waals surface area (Å²) in [5.74, 6) is -0.800. The summed E-state index contributed by atoms with van der Waals surface area (Å²) < 4.78 is 1.58. The maximum Gasteiger partial charge on any atom is 0.325 e. The summed E-state index contributed by atoms with van der Waals surface area (Å²) >= 11 is 0. The van der Waals surface area contributed by atoms with Crippen molar-refractivity contribution in [2.75, 3.05) is 6.54 Å². The van der Waals surface area contributed by atoms with E-state index in [0.717, 1.165) is 5.56 Å². The monoisotopic (exact) mass is 298 g/mol. The van der Waals surface area contributed by atoms with Crippen molar-refractivity contribution in [2.24, 2.45) is 7.05 Å². The molecule has 1 aromatic carbocycles. The normalized spacial score (nSPS) is 13.3. The number of carboxylic acid groups (broad SMARTS) is 1.